The monoisotopic (exact) mass is 261 g/mol. The van der Waals surface area contributed by atoms with Crippen LogP contribution in [0.4, 0.5) is 0 Å². The molecule has 0 fully saturated rings. The minimum Gasteiger partial charge on any atom is -0.385 e. The van der Waals surface area contributed by atoms with E-state index in [1.165, 1.54) is 0 Å². The molecule has 0 aromatic carbocycles. The van der Waals surface area contributed by atoms with E-state index in [9.17, 15) is 0 Å². The number of nitrogens with one attached hydrogen (secondary N) is 1. The Morgan fingerprint density at radius 1 is 0.944 bits per heavy atom. The van der Waals surface area contributed by atoms with Crippen LogP contribution in [-0.2, 0) is 14.2 Å². The molecule has 0 aliphatic heterocycles. The van der Waals surface area contributed by atoms with Crippen molar-refractivity contribution < 1.29 is 14.2 Å². The smallest absolute Gasteiger partial charge is 0.0704 e. The molecular formula is C14H31NO3. The third-order valence-corrected chi connectivity index (χ3v) is 2.61. The average Bonchev–Trinajstić information content (AvgIpc) is 2.33. The SMILES string of the molecule is COCCCOCCOC(C)CCCNC(C)C. The summed E-state index contributed by atoms with van der Waals surface area (Å²) in [6.07, 6.45) is 3.53. The van der Waals surface area contributed by atoms with Crippen molar-refractivity contribution in [1.29, 1.82) is 0 Å². The van der Waals surface area contributed by atoms with Crippen molar-refractivity contribution in [1.82, 2.24) is 5.32 Å². The Balaban J connectivity index is 3.14. The van der Waals surface area contributed by atoms with Gasteiger partial charge in [-0.3, -0.25) is 0 Å². The van der Waals surface area contributed by atoms with Gasteiger partial charge in [0.2, 0.25) is 0 Å². The summed E-state index contributed by atoms with van der Waals surface area (Å²) < 4.78 is 16.0. The van der Waals surface area contributed by atoms with Gasteiger partial charge in [-0.2, -0.15) is 0 Å². The van der Waals surface area contributed by atoms with E-state index in [0.717, 1.165) is 39.0 Å². The largest absolute Gasteiger partial charge is 0.385 e. The van der Waals surface area contributed by atoms with Crippen molar-refractivity contribution in [3.8, 4) is 0 Å². The van der Waals surface area contributed by atoms with Crippen LogP contribution in [0.1, 0.15) is 40.0 Å². The highest BCUT2D eigenvalue weighted by molar-refractivity contribution is 4.56. The molecular weight excluding hydrogens is 230 g/mol. The van der Waals surface area contributed by atoms with E-state index < -0.39 is 0 Å². The van der Waals surface area contributed by atoms with Gasteiger partial charge in [-0.25, -0.2) is 0 Å². The fourth-order valence-electron chi connectivity index (χ4n) is 1.58. The van der Waals surface area contributed by atoms with Crippen LogP contribution in [0.2, 0.25) is 0 Å². The van der Waals surface area contributed by atoms with Gasteiger partial charge in [0.25, 0.3) is 0 Å². The number of hydrogen-bond donors (Lipinski definition) is 1. The molecule has 0 aliphatic rings. The van der Waals surface area contributed by atoms with E-state index in [1.807, 2.05) is 0 Å². The summed E-state index contributed by atoms with van der Waals surface area (Å²) in [7, 11) is 1.71. The third-order valence-electron chi connectivity index (χ3n) is 2.61. The van der Waals surface area contributed by atoms with Gasteiger partial charge in [0.05, 0.1) is 19.3 Å². The summed E-state index contributed by atoms with van der Waals surface area (Å²) in [5, 5.41) is 3.40. The molecule has 110 valence electrons. The molecule has 0 bridgehead atoms. The van der Waals surface area contributed by atoms with Gasteiger partial charge in [-0.15, -0.1) is 0 Å². The molecule has 0 aromatic heterocycles. The van der Waals surface area contributed by atoms with E-state index in [0.29, 0.717) is 25.4 Å². The third kappa shape index (κ3) is 13.9. The molecule has 0 saturated heterocycles. The van der Waals surface area contributed by atoms with Crippen LogP contribution >= 0.6 is 0 Å². The lowest BCUT2D eigenvalue weighted by Crippen LogP contribution is -2.24. The molecule has 0 radical (unpaired) electrons. The summed E-state index contributed by atoms with van der Waals surface area (Å²) in [4.78, 5) is 0. The maximum Gasteiger partial charge on any atom is 0.0704 e. The first-order valence-corrected chi connectivity index (χ1v) is 7.08. The molecule has 0 rings (SSSR count). The van der Waals surface area contributed by atoms with Crippen LogP contribution < -0.4 is 5.32 Å². The number of ether oxygens (including phenoxy) is 3. The summed E-state index contributed by atoms with van der Waals surface area (Å²) in [6.45, 7) is 10.4. The van der Waals surface area contributed by atoms with Crippen molar-refractivity contribution in [2.75, 3.05) is 40.1 Å². The molecule has 4 nitrogen and oxygen atoms in total. The second kappa shape index (κ2) is 13.3. The van der Waals surface area contributed by atoms with E-state index in [1.54, 1.807) is 7.11 Å². The van der Waals surface area contributed by atoms with Crippen molar-refractivity contribution in [3.63, 3.8) is 0 Å². The van der Waals surface area contributed by atoms with E-state index in [2.05, 4.69) is 26.1 Å². The minimum atomic E-state index is 0.321. The molecule has 0 spiro atoms. The fraction of sp³-hybridized carbons (Fsp3) is 1.00. The zero-order valence-electron chi connectivity index (χ0n) is 12.5. The Morgan fingerprint density at radius 2 is 1.72 bits per heavy atom. The van der Waals surface area contributed by atoms with Crippen LogP contribution in [0, 0.1) is 0 Å². The Labute approximate surface area is 112 Å². The van der Waals surface area contributed by atoms with Gasteiger partial charge in [0, 0.05) is 26.4 Å². The summed E-state index contributed by atoms with van der Waals surface area (Å²) in [5.41, 5.74) is 0. The average molecular weight is 261 g/mol. The zero-order chi connectivity index (χ0) is 13.6. The van der Waals surface area contributed by atoms with Gasteiger partial charge in [-0.05, 0) is 32.7 Å². The number of methoxy groups -OCH3 is 1. The first-order chi connectivity index (χ1) is 8.66. The number of rotatable bonds is 13. The van der Waals surface area contributed by atoms with Crippen LogP contribution in [0.25, 0.3) is 0 Å². The standard InChI is InChI=1S/C14H31NO3/c1-13(2)15-8-5-7-14(3)18-12-11-17-10-6-9-16-4/h13-15H,5-12H2,1-4H3. The van der Waals surface area contributed by atoms with Crippen LogP contribution in [-0.4, -0.2) is 52.2 Å². The van der Waals surface area contributed by atoms with Gasteiger partial charge in [0.1, 0.15) is 0 Å². The molecule has 0 heterocycles. The van der Waals surface area contributed by atoms with E-state index in [-0.39, 0.29) is 0 Å². The Hall–Kier alpha value is -0.160. The van der Waals surface area contributed by atoms with Crippen LogP contribution in [0.3, 0.4) is 0 Å². The topological polar surface area (TPSA) is 39.7 Å². The van der Waals surface area contributed by atoms with Gasteiger partial charge < -0.3 is 19.5 Å². The molecule has 1 N–H and O–H groups in total. The van der Waals surface area contributed by atoms with Crippen molar-refractivity contribution in [2.45, 2.75) is 52.2 Å². The Bertz CT molecular complexity index is 165. The zero-order valence-corrected chi connectivity index (χ0v) is 12.5. The second-order valence-corrected chi connectivity index (χ2v) is 4.89. The number of hydrogen-bond acceptors (Lipinski definition) is 4. The second-order valence-electron chi connectivity index (χ2n) is 4.89. The highest BCUT2D eigenvalue weighted by Crippen LogP contribution is 2.01. The van der Waals surface area contributed by atoms with Crippen molar-refractivity contribution >= 4 is 0 Å². The quantitative estimate of drug-likeness (QED) is 0.516. The maximum atomic E-state index is 5.67. The Kier molecular flexibility index (Phi) is 13.2. The molecule has 1 unspecified atom stereocenters. The van der Waals surface area contributed by atoms with Crippen molar-refractivity contribution in [2.24, 2.45) is 0 Å². The molecule has 0 aromatic rings. The molecule has 0 aliphatic carbocycles. The summed E-state index contributed by atoms with van der Waals surface area (Å²) >= 11 is 0. The van der Waals surface area contributed by atoms with Crippen LogP contribution in [0.15, 0.2) is 0 Å². The van der Waals surface area contributed by atoms with E-state index >= 15 is 0 Å². The normalized spacial score (nSPS) is 13.2. The predicted octanol–water partition coefficient (Wildman–Crippen LogP) is 2.22. The highest BCUT2D eigenvalue weighted by Gasteiger charge is 2.02. The highest BCUT2D eigenvalue weighted by atomic mass is 16.5. The van der Waals surface area contributed by atoms with Gasteiger partial charge in [0.15, 0.2) is 0 Å². The molecule has 18 heavy (non-hydrogen) atoms. The fourth-order valence-corrected chi connectivity index (χ4v) is 1.58. The maximum absolute atomic E-state index is 5.67. The lowest BCUT2D eigenvalue weighted by Gasteiger charge is -2.14. The lowest BCUT2D eigenvalue weighted by atomic mass is 10.2. The predicted molar refractivity (Wildman–Crippen MR) is 75.1 cm³/mol. The first kappa shape index (κ1) is 17.8. The molecule has 4 heteroatoms. The van der Waals surface area contributed by atoms with Crippen molar-refractivity contribution in [3.05, 3.63) is 0 Å². The lowest BCUT2D eigenvalue weighted by molar-refractivity contribution is 0.00493. The van der Waals surface area contributed by atoms with Gasteiger partial charge in [-0.1, -0.05) is 13.8 Å². The first-order valence-electron chi connectivity index (χ1n) is 7.08. The summed E-state index contributed by atoms with van der Waals surface area (Å²) in [5.74, 6) is 0. The Morgan fingerprint density at radius 3 is 2.39 bits per heavy atom. The molecule has 0 amide bonds. The minimum absolute atomic E-state index is 0.321. The summed E-state index contributed by atoms with van der Waals surface area (Å²) in [6, 6.07) is 0.571. The molecule has 0 saturated carbocycles. The van der Waals surface area contributed by atoms with E-state index in [4.69, 9.17) is 14.2 Å². The van der Waals surface area contributed by atoms with Gasteiger partial charge >= 0.3 is 0 Å². The molecule has 1 atom stereocenters. The van der Waals surface area contributed by atoms with Crippen LogP contribution in [0.5, 0.6) is 0 Å².